The lowest BCUT2D eigenvalue weighted by Gasteiger charge is -2.15. The highest BCUT2D eigenvalue weighted by Crippen LogP contribution is 2.35. The van der Waals surface area contributed by atoms with Gasteiger partial charge in [0.1, 0.15) is 11.5 Å². The van der Waals surface area contributed by atoms with Gasteiger partial charge in [0.05, 0.1) is 11.2 Å². The Hall–Kier alpha value is -4.22. The summed E-state index contributed by atoms with van der Waals surface area (Å²) in [6, 6.07) is 21.4. The van der Waals surface area contributed by atoms with Crippen molar-refractivity contribution in [1.29, 1.82) is 0 Å². The molecule has 0 saturated carbocycles. The predicted octanol–water partition coefficient (Wildman–Crippen LogP) is 8.13. The molecule has 190 valence electrons. The fourth-order valence-electron chi connectivity index (χ4n) is 5.46. The van der Waals surface area contributed by atoms with E-state index in [0.717, 1.165) is 69.5 Å². The van der Waals surface area contributed by atoms with E-state index in [0.29, 0.717) is 0 Å². The number of hydrogen-bond acceptors (Lipinski definition) is 2. The molecule has 5 heteroatoms. The van der Waals surface area contributed by atoms with Gasteiger partial charge in [-0.25, -0.2) is 4.39 Å². The summed E-state index contributed by atoms with van der Waals surface area (Å²) in [4.78, 5) is 6.05. The third kappa shape index (κ3) is 4.61. The molecular formula is C33H31FN4. The molecular weight excluding hydrogens is 471 g/mol. The van der Waals surface area contributed by atoms with E-state index in [1.807, 2.05) is 24.3 Å². The van der Waals surface area contributed by atoms with E-state index in [1.165, 1.54) is 36.1 Å². The maximum absolute atomic E-state index is 13.5. The molecule has 1 saturated heterocycles. The summed E-state index contributed by atoms with van der Waals surface area (Å²) in [5.41, 5.74) is 9.41. The highest BCUT2D eigenvalue weighted by Gasteiger charge is 2.15. The third-order valence-electron chi connectivity index (χ3n) is 7.49. The van der Waals surface area contributed by atoms with Gasteiger partial charge in [-0.1, -0.05) is 55.1 Å². The summed E-state index contributed by atoms with van der Waals surface area (Å²) < 4.78 is 13.5. The normalized spacial score (nSPS) is 15.1. The predicted molar refractivity (Wildman–Crippen MR) is 156 cm³/mol. The SMILES string of the molecule is C=C/C(=C\C(=C/C)c1ccc2[nH]nc(-c3cc4c(-c5ccc(F)cc5)cccc4[nH]3)c2c1)CN1CCCC1. The number of fused-ring (bicyclic) bond motifs is 2. The summed E-state index contributed by atoms with van der Waals surface area (Å²) in [5, 5.41) is 10.0. The van der Waals surface area contributed by atoms with Crippen molar-refractivity contribution in [2.45, 2.75) is 19.8 Å². The van der Waals surface area contributed by atoms with Gasteiger partial charge in [-0.2, -0.15) is 5.10 Å². The molecule has 1 aliphatic rings. The van der Waals surface area contributed by atoms with Gasteiger partial charge in [-0.15, -0.1) is 0 Å². The second-order valence-electron chi connectivity index (χ2n) is 9.94. The first kappa shape index (κ1) is 24.1. The fraction of sp³-hybridized carbons (Fsp3) is 0.182. The second-order valence-corrected chi connectivity index (χ2v) is 9.94. The number of benzene rings is 3. The lowest BCUT2D eigenvalue weighted by Crippen LogP contribution is -2.21. The number of likely N-dealkylation sites (tertiary alicyclic amines) is 1. The summed E-state index contributed by atoms with van der Waals surface area (Å²) in [7, 11) is 0. The molecule has 0 atom stereocenters. The molecule has 3 aromatic carbocycles. The standard InChI is InChI=1S/C33H31FN4/c1-3-22(21-38-16-5-6-17-38)18-23(4-2)25-12-15-31-29(19-25)33(37-36-31)32-20-28-27(8-7-9-30(28)35-32)24-10-13-26(34)14-11-24/h3-4,7-15,18-20,35H,1,5-6,16-17,21H2,2H3,(H,36,37)/b22-18+,23-4+. The number of hydrogen-bond donors (Lipinski definition) is 2. The molecule has 0 bridgehead atoms. The molecule has 5 aromatic rings. The Morgan fingerprint density at radius 3 is 2.58 bits per heavy atom. The van der Waals surface area contributed by atoms with Gasteiger partial charge in [-0.3, -0.25) is 10.00 Å². The lowest BCUT2D eigenvalue weighted by molar-refractivity contribution is 0.371. The van der Waals surface area contributed by atoms with Crippen LogP contribution in [0.3, 0.4) is 0 Å². The largest absolute Gasteiger partial charge is 0.353 e. The summed E-state index contributed by atoms with van der Waals surface area (Å²) in [5.74, 6) is -0.235. The van der Waals surface area contributed by atoms with Crippen molar-refractivity contribution in [2.75, 3.05) is 19.6 Å². The Morgan fingerprint density at radius 2 is 1.82 bits per heavy atom. The molecule has 0 spiro atoms. The van der Waals surface area contributed by atoms with Crippen LogP contribution in [0.2, 0.25) is 0 Å². The van der Waals surface area contributed by atoms with Crippen LogP contribution in [0, 0.1) is 5.82 Å². The molecule has 38 heavy (non-hydrogen) atoms. The van der Waals surface area contributed by atoms with Gasteiger partial charge < -0.3 is 4.98 Å². The second kappa shape index (κ2) is 10.3. The lowest BCUT2D eigenvalue weighted by atomic mass is 9.99. The number of H-pyrrole nitrogens is 2. The summed E-state index contributed by atoms with van der Waals surface area (Å²) in [6.45, 7) is 9.41. The highest BCUT2D eigenvalue weighted by atomic mass is 19.1. The van der Waals surface area contributed by atoms with Crippen LogP contribution in [0.4, 0.5) is 4.39 Å². The molecule has 2 aromatic heterocycles. The molecule has 2 N–H and O–H groups in total. The number of rotatable bonds is 7. The minimum atomic E-state index is -0.235. The minimum Gasteiger partial charge on any atom is -0.353 e. The Labute approximate surface area is 222 Å². The molecule has 3 heterocycles. The first-order chi connectivity index (χ1) is 18.6. The van der Waals surface area contributed by atoms with Gasteiger partial charge in [0.2, 0.25) is 0 Å². The Morgan fingerprint density at radius 1 is 1.00 bits per heavy atom. The van der Waals surface area contributed by atoms with E-state index in [1.54, 1.807) is 0 Å². The number of nitrogens with zero attached hydrogens (tertiary/aromatic N) is 2. The number of nitrogens with one attached hydrogen (secondary N) is 2. The summed E-state index contributed by atoms with van der Waals surface area (Å²) >= 11 is 0. The van der Waals surface area contributed by atoms with E-state index >= 15 is 0 Å². The van der Waals surface area contributed by atoms with E-state index in [-0.39, 0.29) is 5.82 Å². The first-order valence-electron chi connectivity index (χ1n) is 13.2. The number of aromatic nitrogens is 3. The van der Waals surface area contributed by atoms with Crippen LogP contribution >= 0.6 is 0 Å². The van der Waals surface area contributed by atoms with Gasteiger partial charge in [0.15, 0.2) is 0 Å². The van der Waals surface area contributed by atoms with Crippen LogP contribution in [0.25, 0.3) is 49.9 Å². The molecule has 0 radical (unpaired) electrons. The fourth-order valence-corrected chi connectivity index (χ4v) is 5.46. The van der Waals surface area contributed by atoms with Crippen LogP contribution in [0.1, 0.15) is 25.3 Å². The van der Waals surface area contributed by atoms with Crippen molar-refractivity contribution in [3.63, 3.8) is 0 Å². The Kier molecular flexibility index (Phi) is 6.52. The molecule has 0 unspecified atom stereocenters. The van der Waals surface area contributed by atoms with Crippen LogP contribution < -0.4 is 0 Å². The molecule has 1 fully saturated rings. The van der Waals surface area contributed by atoms with E-state index in [4.69, 9.17) is 0 Å². The average molecular weight is 503 g/mol. The van der Waals surface area contributed by atoms with E-state index in [2.05, 4.69) is 82.1 Å². The molecule has 0 aliphatic carbocycles. The monoisotopic (exact) mass is 502 g/mol. The van der Waals surface area contributed by atoms with Crippen molar-refractivity contribution in [2.24, 2.45) is 0 Å². The number of aromatic amines is 2. The van der Waals surface area contributed by atoms with Crippen LogP contribution in [0.5, 0.6) is 0 Å². The first-order valence-corrected chi connectivity index (χ1v) is 13.2. The number of allylic oxidation sites excluding steroid dienone is 3. The third-order valence-corrected chi connectivity index (χ3v) is 7.49. The van der Waals surface area contributed by atoms with Crippen LogP contribution in [0.15, 0.2) is 97.1 Å². The molecule has 1 aliphatic heterocycles. The van der Waals surface area contributed by atoms with Crippen LogP contribution in [-0.2, 0) is 0 Å². The maximum Gasteiger partial charge on any atom is 0.123 e. The van der Waals surface area contributed by atoms with Gasteiger partial charge in [-0.05, 0) is 97.1 Å². The van der Waals surface area contributed by atoms with Crippen molar-refractivity contribution in [3.05, 3.63) is 108 Å². The van der Waals surface area contributed by atoms with Crippen LogP contribution in [-0.4, -0.2) is 39.7 Å². The molecule has 4 nitrogen and oxygen atoms in total. The molecule has 6 rings (SSSR count). The van der Waals surface area contributed by atoms with Crippen molar-refractivity contribution in [3.8, 4) is 22.5 Å². The zero-order valence-corrected chi connectivity index (χ0v) is 21.6. The zero-order valence-electron chi connectivity index (χ0n) is 21.6. The van der Waals surface area contributed by atoms with Crippen molar-refractivity contribution >= 4 is 27.4 Å². The molecule has 0 amide bonds. The smallest absolute Gasteiger partial charge is 0.123 e. The van der Waals surface area contributed by atoms with Gasteiger partial charge >= 0.3 is 0 Å². The Balaban J connectivity index is 1.38. The zero-order chi connectivity index (χ0) is 26.1. The van der Waals surface area contributed by atoms with Crippen molar-refractivity contribution < 1.29 is 4.39 Å². The number of halogens is 1. The van der Waals surface area contributed by atoms with E-state index < -0.39 is 0 Å². The quantitative estimate of drug-likeness (QED) is 0.221. The van der Waals surface area contributed by atoms with E-state index in [9.17, 15) is 4.39 Å². The summed E-state index contributed by atoms with van der Waals surface area (Å²) in [6.07, 6.45) is 8.95. The average Bonchev–Trinajstić information content (AvgIpc) is 3.70. The Bertz CT molecular complexity index is 1680. The minimum absolute atomic E-state index is 0.235. The van der Waals surface area contributed by atoms with Gasteiger partial charge in [0.25, 0.3) is 0 Å². The highest BCUT2D eigenvalue weighted by molar-refractivity contribution is 6.01. The topological polar surface area (TPSA) is 47.7 Å². The maximum atomic E-state index is 13.5. The van der Waals surface area contributed by atoms with Crippen molar-refractivity contribution in [1.82, 2.24) is 20.1 Å². The van der Waals surface area contributed by atoms with Gasteiger partial charge in [0, 0.05) is 22.8 Å².